The fraction of sp³-hybridized carbons (Fsp3) is 0.526. The van der Waals surface area contributed by atoms with Gasteiger partial charge in [-0.1, -0.05) is 0 Å². The second kappa shape index (κ2) is 7.52. The smallest absolute Gasteiger partial charge is 0.163 e. The van der Waals surface area contributed by atoms with E-state index in [1.165, 1.54) is 0 Å². The minimum Gasteiger partial charge on any atom is -0.356 e. The number of rotatable bonds is 3. The van der Waals surface area contributed by atoms with E-state index in [4.69, 9.17) is 4.98 Å². The molecular weight excluding hydrogens is 362 g/mol. The molecule has 0 aliphatic carbocycles. The van der Waals surface area contributed by atoms with Crippen LogP contribution < -0.4 is 4.90 Å². The molecular formula is C19H25N5O2S. The van der Waals surface area contributed by atoms with Crippen molar-refractivity contribution in [3.05, 3.63) is 36.3 Å². The number of hydrogen-bond donors (Lipinski definition) is 0. The molecule has 2 saturated heterocycles. The van der Waals surface area contributed by atoms with Gasteiger partial charge in [0.25, 0.3) is 0 Å². The van der Waals surface area contributed by atoms with Crippen molar-refractivity contribution < 1.29 is 8.42 Å². The molecule has 144 valence electrons. The molecule has 2 aromatic rings. The average Bonchev–Trinajstić information content (AvgIpc) is 2.68. The molecule has 8 heteroatoms. The van der Waals surface area contributed by atoms with E-state index in [1.54, 1.807) is 12.4 Å². The molecule has 2 aliphatic rings. The van der Waals surface area contributed by atoms with Gasteiger partial charge in [-0.25, -0.2) is 18.4 Å². The first-order valence-electron chi connectivity index (χ1n) is 9.46. The summed E-state index contributed by atoms with van der Waals surface area (Å²) in [6, 6.07) is 6.37. The SMILES string of the molecule is Cc1cc(N2CCC(N3CCS(=O)(=O)CC3)CC2)nc(-c2cccnc2)n1. The van der Waals surface area contributed by atoms with Gasteiger partial charge in [0.15, 0.2) is 15.7 Å². The third-order valence-corrected chi connectivity index (χ3v) is 7.05. The summed E-state index contributed by atoms with van der Waals surface area (Å²) < 4.78 is 23.3. The highest BCUT2D eigenvalue weighted by Gasteiger charge is 2.30. The highest BCUT2D eigenvalue weighted by Crippen LogP contribution is 2.25. The molecule has 0 aromatic carbocycles. The van der Waals surface area contributed by atoms with E-state index in [0.717, 1.165) is 43.0 Å². The number of hydrogen-bond acceptors (Lipinski definition) is 7. The van der Waals surface area contributed by atoms with Crippen LogP contribution in [-0.2, 0) is 9.84 Å². The Kier molecular flexibility index (Phi) is 5.10. The first kappa shape index (κ1) is 18.3. The van der Waals surface area contributed by atoms with Gasteiger partial charge in [-0.15, -0.1) is 0 Å². The van der Waals surface area contributed by atoms with Crippen LogP contribution in [0.4, 0.5) is 5.82 Å². The Morgan fingerprint density at radius 1 is 1.07 bits per heavy atom. The maximum Gasteiger partial charge on any atom is 0.163 e. The van der Waals surface area contributed by atoms with E-state index >= 15 is 0 Å². The number of anilines is 1. The van der Waals surface area contributed by atoms with Gasteiger partial charge in [0.05, 0.1) is 11.5 Å². The van der Waals surface area contributed by atoms with Gasteiger partial charge >= 0.3 is 0 Å². The largest absolute Gasteiger partial charge is 0.356 e. The Labute approximate surface area is 160 Å². The Hall–Kier alpha value is -2.06. The molecule has 27 heavy (non-hydrogen) atoms. The van der Waals surface area contributed by atoms with E-state index in [2.05, 4.69) is 19.8 Å². The van der Waals surface area contributed by atoms with Crippen molar-refractivity contribution in [3.8, 4) is 11.4 Å². The predicted octanol–water partition coefficient (Wildman–Crippen LogP) is 1.55. The highest BCUT2D eigenvalue weighted by molar-refractivity contribution is 7.91. The van der Waals surface area contributed by atoms with Crippen molar-refractivity contribution in [2.24, 2.45) is 0 Å². The van der Waals surface area contributed by atoms with Gasteiger partial charge in [-0.3, -0.25) is 9.88 Å². The summed E-state index contributed by atoms with van der Waals surface area (Å²) in [5, 5.41) is 0. The third kappa shape index (κ3) is 4.27. The summed E-state index contributed by atoms with van der Waals surface area (Å²) >= 11 is 0. The van der Waals surface area contributed by atoms with E-state index in [-0.39, 0.29) is 0 Å². The van der Waals surface area contributed by atoms with E-state index in [9.17, 15) is 8.42 Å². The van der Waals surface area contributed by atoms with Crippen molar-refractivity contribution in [2.45, 2.75) is 25.8 Å². The van der Waals surface area contributed by atoms with Crippen LogP contribution in [0.15, 0.2) is 30.6 Å². The molecule has 4 rings (SSSR count). The molecule has 0 spiro atoms. The molecule has 2 aromatic heterocycles. The number of pyridine rings is 1. The summed E-state index contributed by atoms with van der Waals surface area (Å²) in [5.41, 5.74) is 1.87. The average molecular weight is 388 g/mol. The van der Waals surface area contributed by atoms with Gasteiger partial charge in [-0.05, 0) is 31.9 Å². The van der Waals surface area contributed by atoms with Crippen LogP contribution in [0, 0.1) is 6.92 Å². The van der Waals surface area contributed by atoms with Crippen LogP contribution in [0.5, 0.6) is 0 Å². The molecule has 0 bridgehead atoms. The third-order valence-electron chi connectivity index (χ3n) is 5.44. The van der Waals surface area contributed by atoms with Crippen LogP contribution in [0.1, 0.15) is 18.5 Å². The van der Waals surface area contributed by atoms with Crippen molar-refractivity contribution >= 4 is 15.7 Å². The number of aromatic nitrogens is 3. The molecule has 2 aliphatic heterocycles. The maximum atomic E-state index is 11.6. The van der Waals surface area contributed by atoms with Gasteiger partial charge < -0.3 is 4.90 Å². The molecule has 0 unspecified atom stereocenters. The lowest BCUT2D eigenvalue weighted by atomic mass is 10.0. The summed E-state index contributed by atoms with van der Waals surface area (Å²) in [6.07, 6.45) is 5.60. The lowest BCUT2D eigenvalue weighted by Gasteiger charge is -2.40. The van der Waals surface area contributed by atoms with Crippen molar-refractivity contribution in [3.63, 3.8) is 0 Å². The molecule has 0 saturated carbocycles. The van der Waals surface area contributed by atoms with Gasteiger partial charge in [-0.2, -0.15) is 0 Å². The molecule has 2 fully saturated rings. The number of nitrogens with zero attached hydrogens (tertiary/aromatic N) is 5. The fourth-order valence-corrected chi connectivity index (χ4v) is 5.12. The quantitative estimate of drug-likeness (QED) is 0.790. The second-order valence-corrected chi connectivity index (χ2v) is 9.64. The van der Waals surface area contributed by atoms with Crippen molar-refractivity contribution in [1.82, 2.24) is 19.9 Å². The monoisotopic (exact) mass is 387 g/mol. The van der Waals surface area contributed by atoms with Crippen molar-refractivity contribution in [1.29, 1.82) is 0 Å². The van der Waals surface area contributed by atoms with Crippen molar-refractivity contribution in [2.75, 3.05) is 42.6 Å². The molecule has 0 radical (unpaired) electrons. The van der Waals surface area contributed by atoms with Crippen LogP contribution >= 0.6 is 0 Å². The van der Waals surface area contributed by atoms with Gasteiger partial charge in [0.2, 0.25) is 0 Å². The fourth-order valence-electron chi connectivity index (χ4n) is 3.89. The summed E-state index contributed by atoms with van der Waals surface area (Å²) in [5.74, 6) is 2.27. The summed E-state index contributed by atoms with van der Waals surface area (Å²) in [7, 11) is -2.82. The minimum absolute atomic E-state index is 0.298. The number of sulfone groups is 1. The normalized spacial score (nSPS) is 21.3. The number of aryl methyl sites for hydroxylation is 1. The minimum atomic E-state index is -2.82. The standard InChI is InChI=1S/C19H25N5O2S/c1-15-13-18(22-19(21-15)16-3-2-6-20-14-16)24-7-4-17(5-8-24)23-9-11-27(25,26)12-10-23/h2-3,6,13-14,17H,4-5,7-12H2,1H3. The van der Waals surface area contributed by atoms with E-state index in [1.807, 2.05) is 25.1 Å². The van der Waals surface area contributed by atoms with Crippen LogP contribution in [0.3, 0.4) is 0 Å². The van der Waals surface area contributed by atoms with Crippen LogP contribution in [-0.4, -0.2) is 72.0 Å². The molecule has 0 amide bonds. The Morgan fingerprint density at radius 3 is 2.48 bits per heavy atom. The first-order chi connectivity index (χ1) is 13.0. The summed E-state index contributed by atoms with van der Waals surface area (Å²) in [6.45, 7) is 5.19. The predicted molar refractivity (Wildman–Crippen MR) is 105 cm³/mol. The zero-order valence-electron chi connectivity index (χ0n) is 15.6. The lowest BCUT2D eigenvalue weighted by Crippen LogP contribution is -2.50. The topological polar surface area (TPSA) is 79.3 Å². The van der Waals surface area contributed by atoms with Gasteiger partial charge in [0.1, 0.15) is 5.82 Å². The summed E-state index contributed by atoms with van der Waals surface area (Å²) in [4.78, 5) is 18.2. The molecule has 7 nitrogen and oxygen atoms in total. The molecule has 0 atom stereocenters. The van der Waals surface area contributed by atoms with E-state index < -0.39 is 9.84 Å². The lowest BCUT2D eigenvalue weighted by molar-refractivity contribution is 0.182. The Morgan fingerprint density at radius 2 is 1.81 bits per heavy atom. The first-order valence-corrected chi connectivity index (χ1v) is 11.3. The highest BCUT2D eigenvalue weighted by atomic mass is 32.2. The van der Waals surface area contributed by atoms with E-state index in [0.29, 0.717) is 36.5 Å². The molecule has 4 heterocycles. The van der Waals surface area contributed by atoms with Gasteiger partial charge in [0, 0.05) is 61.9 Å². The Bertz CT molecular complexity index is 882. The maximum absolute atomic E-state index is 11.6. The Balaban J connectivity index is 1.43. The zero-order chi connectivity index (χ0) is 18.9. The zero-order valence-corrected chi connectivity index (χ0v) is 16.4. The molecule has 0 N–H and O–H groups in total. The number of piperidine rings is 1. The van der Waals surface area contributed by atoms with Crippen LogP contribution in [0.2, 0.25) is 0 Å². The van der Waals surface area contributed by atoms with Crippen LogP contribution in [0.25, 0.3) is 11.4 Å². The second-order valence-electron chi connectivity index (χ2n) is 7.34.